The van der Waals surface area contributed by atoms with Gasteiger partial charge in [0, 0.05) is 6.61 Å². The van der Waals surface area contributed by atoms with Crippen LogP contribution in [-0.4, -0.2) is 45.4 Å². The van der Waals surface area contributed by atoms with Crippen molar-refractivity contribution in [1.29, 1.82) is 0 Å². The fraction of sp³-hybridized carbons (Fsp3) is 0.895. The van der Waals surface area contributed by atoms with Crippen LogP contribution >= 0.6 is 0 Å². The first kappa shape index (κ1) is 23.3. The smallest absolute Gasteiger partial charge is 0.185 e. The lowest BCUT2D eigenvalue weighted by Crippen LogP contribution is -2.29. The van der Waals surface area contributed by atoms with Crippen LogP contribution in [0.5, 0.6) is 0 Å². The van der Waals surface area contributed by atoms with E-state index in [0.29, 0.717) is 19.7 Å². The fourth-order valence-corrected chi connectivity index (χ4v) is 3.04. The van der Waals surface area contributed by atoms with Gasteiger partial charge in [0.1, 0.15) is 6.33 Å². The second-order valence-corrected chi connectivity index (χ2v) is 7.18. The Morgan fingerprint density at radius 2 is 1.56 bits per heavy atom. The Morgan fingerprint density at radius 3 is 2.07 bits per heavy atom. The molecule has 4 N–H and O–H groups in total. The van der Waals surface area contributed by atoms with Crippen molar-refractivity contribution in [3.63, 3.8) is 0 Å². The molecule has 0 aromatic carbocycles. The van der Waals surface area contributed by atoms with Crippen molar-refractivity contribution in [3.8, 4) is 0 Å². The minimum Gasteiger partial charge on any atom is -0.374 e. The number of hydrogen-bond acceptors (Lipinski definition) is 5. The summed E-state index contributed by atoms with van der Waals surface area (Å²) in [7, 11) is 0. The highest BCUT2D eigenvalue weighted by molar-refractivity contribution is 5.75. The van der Waals surface area contributed by atoms with Gasteiger partial charge in [-0.1, -0.05) is 77.6 Å². The van der Waals surface area contributed by atoms with E-state index in [0.717, 1.165) is 6.42 Å². The minimum atomic E-state index is -0.122. The van der Waals surface area contributed by atoms with Gasteiger partial charge < -0.3 is 16.2 Å². The van der Waals surface area contributed by atoms with Crippen LogP contribution in [-0.2, 0) is 11.3 Å². The summed E-state index contributed by atoms with van der Waals surface area (Å²) in [6.45, 7) is 3.94. The van der Waals surface area contributed by atoms with Gasteiger partial charge in [-0.05, 0) is 16.8 Å². The van der Waals surface area contributed by atoms with E-state index in [2.05, 4.69) is 27.4 Å². The summed E-state index contributed by atoms with van der Waals surface area (Å²) in [5.41, 5.74) is 10.8. The van der Waals surface area contributed by atoms with Gasteiger partial charge in [-0.3, -0.25) is 4.99 Å². The third-order valence-corrected chi connectivity index (χ3v) is 4.61. The fourth-order valence-electron chi connectivity index (χ4n) is 3.04. The molecule has 8 heteroatoms. The number of unbranched alkanes of at least 4 members (excludes halogenated alkanes) is 11. The van der Waals surface area contributed by atoms with Gasteiger partial charge >= 0.3 is 0 Å². The Balaban J connectivity index is 1.99. The number of guanidine groups is 1. The first-order chi connectivity index (χ1) is 13.2. The van der Waals surface area contributed by atoms with Crippen molar-refractivity contribution in [1.82, 2.24) is 20.2 Å². The molecule has 1 heterocycles. The maximum Gasteiger partial charge on any atom is 0.185 e. The molecule has 1 unspecified atom stereocenters. The van der Waals surface area contributed by atoms with E-state index < -0.39 is 0 Å². The summed E-state index contributed by atoms with van der Waals surface area (Å²) >= 11 is 0. The van der Waals surface area contributed by atoms with E-state index in [9.17, 15) is 0 Å². The lowest BCUT2D eigenvalue weighted by atomic mass is 10.1. The molecule has 0 saturated heterocycles. The van der Waals surface area contributed by atoms with Crippen LogP contribution in [0.4, 0.5) is 0 Å². The zero-order chi connectivity index (χ0) is 19.6. The molecule has 0 saturated carbocycles. The summed E-state index contributed by atoms with van der Waals surface area (Å²) in [4.78, 5) is 4.05. The zero-order valence-electron chi connectivity index (χ0n) is 17.1. The summed E-state index contributed by atoms with van der Waals surface area (Å²) in [5, 5.41) is 11.1. The molecule has 0 amide bonds. The van der Waals surface area contributed by atoms with E-state index >= 15 is 0 Å². The second kappa shape index (κ2) is 16.5. The van der Waals surface area contributed by atoms with Crippen molar-refractivity contribution in [3.05, 3.63) is 6.33 Å². The Labute approximate surface area is 164 Å². The molecule has 0 bridgehead atoms. The van der Waals surface area contributed by atoms with Crippen LogP contribution < -0.4 is 11.5 Å². The van der Waals surface area contributed by atoms with E-state index in [1.54, 1.807) is 11.0 Å². The van der Waals surface area contributed by atoms with Gasteiger partial charge in [-0.15, -0.1) is 5.10 Å². The summed E-state index contributed by atoms with van der Waals surface area (Å²) < 4.78 is 7.56. The van der Waals surface area contributed by atoms with E-state index in [1.807, 2.05) is 0 Å². The summed E-state index contributed by atoms with van der Waals surface area (Å²) in [6, 6.07) is 0. The number of nitrogens with two attached hydrogens (primary N) is 2. The van der Waals surface area contributed by atoms with Gasteiger partial charge in [-0.25, -0.2) is 4.68 Å². The molecule has 1 aromatic rings. The number of tetrazole rings is 1. The third kappa shape index (κ3) is 14.1. The van der Waals surface area contributed by atoms with Crippen LogP contribution in [0.3, 0.4) is 0 Å². The first-order valence-corrected chi connectivity index (χ1v) is 10.6. The number of ether oxygens (including phenoxy) is 1. The number of aromatic nitrogens is 4. The molecular weight excluding hydrogens is 342 g/mol. The highest BCUT2D eigenvalue weighted by Gasteiger charge is 2.10. The highest BCUT2D eigenvalue weighted by atomic mass is 16.5. The van der Waals surface area contributed by atoms with Crippen molar-refractivity contribution in [2.45, 2.75) is 96.6 Å². The van der Waals surface area contributed by atoms with Gasteiger partial charge in [0.05, 0.1) is 19.2 Å². The average molecular weight is 382 g/mol. The topological polar surface area (TPSA) is 117 Å². The molecule has 0 aliphatic carbocycles. The van der Waals surface area contributed by atoms with Crippen LogP contribution in [0.1, 0.15) is 84.0 Å². The zero-order valence-corrected chi connectivity index (χ0v) is 17.1. The van der Waals surface area contributed by atoms with Gasteiger partial charge in [-0.2, -0.15) is 0 Å². The molecular formula is C19H39N7O. The monoisotopic (exact) mass is 381 g/mol. The molecule has 1 atom stereocenters. The predicted octanol–water partition coefficient (Wildman–Crippen LogP) is 3.03. The standard InChI is InChI=1S/C19H39N7O/c1-2-3-4-5-6-7-8-9-10-11-12-13-14-27-18(15-22-19(20)21)16-26-17-23-24-25-26/h17-18H,2-16H2,1H3,(H4,20,21,22). The van der Waals surface area contributed by atoms with E-state index in [4.69, 9.17) is 16.2 Å². The number of nitrogens with zero attached hydrogens (tertiary/aromatic N) is 5. The molecule has 1 rings (SSSR count). The van der Waals surface area contributed by atoms with Crippen molar-refractivity contribution < 1.29 is 4.74 Å². The lowest BCUT2D eigenvalue weighted by molar-refractivity contribution is 0.0425. The normalized spacial score (nSPS) is 12.2. The molecule has 0 aliphatic rings. The quantitative estimate of drug-likeness (QED) is 0.229. The number of aliphatic imine (C=N–C) groups is 1. The molecule has 1 aromatic heterocycles. The molecule has 0 aliphatic heterocycles. The third-order valence-electron chi connectivity index (χ3n) is 4.61. The lowest BCUT2D eigenvalue weighted by Gasteiger charge is -2.15. The Hall–Kier alpha value is -1.70. The van der Waals surface area contributed by atoms with Crippen LogP contribution in [0.25, 0.3) is 0 Å². The summed E-state index contributed by atoms with van der Waals surface area (Å²) in [6.07, 6.45) is 17.4. The van der Waals surface area contributed by atoms with Gasteiger partial charge in [0.25, 0.3) is 0 Å². The van der Waals surface area contributed by atoms with Crippen LogP contribution in [0.2, 0.25) is 0 Å². The second-order valence-electron chi connectivity index (χ2n) is 7.18. The van der Waals surface area contributed by atoms with Gasteiger partial charge in [0.2, 0.25) is 0 Å². The van der Waals surface area contributed by atoms with Gasteiger partial charge in [0.15, 0.2) is 5.96 Å². The molecule has 27 heavy (non-hydrogen) atoms. The Bertz CT molecular complexity index is 461. The SMILES string of the molecule is CCCCCCCCCCCCCCOC(CN=C(N)N)Cn1cnnn1. The molecule has 0 fully saturated rings. The maximum atomic E-state index is 5.92. The van der Waals surface area contributed by atoms with Crippen molar-refractivity contribution in [2.24, 2.45) is 16.5 Å². The predicted molar refractivity (Wildman–Crippen MR) is 109 cm³/mol. The Kier molecular flexibility index (Phi) is 14.2. The maximum absolute atomic E-state index is 5.92. The molecule has 8 nitrogen and oxygen atoms in total. The largest absolute Gasteiger partial charge is 0.374 e. The van der Waals surface area contributed by atoms with E-state index in [-0.39, 0.29) is 12.1 Å². The molecule has 0 radical (unpaired) electrons. The van der Waals surface area contributed by atoms with Crippen molar-refractivity contribution >= 4 is 5.96 Å². The average Bonchev–Trinajstić information content (AvgIpc) is 3.16. The van der Waals surface area contributed by atoms with E-state index in [1.165, 1.54) is 70.6 Å². The summed E-state index contributed by atoms with van der Waals surface area (Å²) in [5.74, 6) is 0.0747. The molecule has 0 spiro atoms. The number of rotatable bonds is 18. The van der Waals surface area contributed by atoms with Crippen molar-refractivity contribution in [2.75, 3.05) is 13.2 Å². The minimum absolute atomic E-state index is 0.0747. The first-order valence-electron chi connectivity index (χ1n) is 10.6. The number of hydrogen-bond donors (Lipinski definition) is 2. The Morgan fingerprint density at radius 1 is 0.963 bits per heavy atom. The highest BCUT2D eigenvalue weighted by Crippen LogP contribution is 2.12. The molecule has 156 valence electrons. The van der Waals surface area contributed by atoms with Crippen LogP contribution in [0, 0.1) is 0 Å². The van der Waals surface area contributed by atoms with Crippen LogP contribution in [0.15, 0.2) is 11.3 Å².